The lowest BCUT2D eigenvalue weighted by molar-refractivity contribution is -0.131. The van der Waals surface area contributed by atoms with Crippen LogP contribution in [0.5, 0.6) is 0 Å². The van der Waals surface area contributed by atoms with Crippen LogP contribution in [0.15, 0.2) is 53.5 Å². The topological polar surface area (TPSA) is 126 Å². The molecule has 3 N–H and O–H groups in total. The summed E-state index contributed by atoms with van der Waals surface area (Å²) >= 11 is 0. The van der Waals surface area contributed by atoms with Crippen molar-refractivity contribution in [3.63, 3.8) is 0 Å². The molecule has 3 rings (SSSR count). The van der Waals surface area contributed by atoms with Crippen LogP contribution in [0, 0.1) is 11.8 Å². The number of hydroxylamine groups is 1. The summed E-state index contributed by atoms with van der Waals surface area (Å²) < 4.78 is 23.6. The Labute approximate surface area is 187 Å². The van der Waals surface area contributed by atoms with Gasteiger partial charge in [-0.2, -0.15) is 0 Å². The van der Waals surface area contributed by atoms with Crippen LogP contribution in [0.1, 0.15) is 25.3 Å². The lowest BCUT2D eigenvalue weighted by atomic mass is 10.0. The predicted molar refractivity (Wildman–Crippen MR) is 122 cm³/mol. The van der Waals surface area contributed by atoms with Crippen molar-refractivity contribution in [1.82, 2.24) is 10.0 Å². The molecular weight excluding hydrogens is 432 g/mol. The number of pyridine rings is 1. The number of benzene rings is 1. The molecule has 9 heteroatoms. The monoisotopic (exact) mass is 460 g/mol. The predicted octanol–water partition coefficient (Wildman–Crippen LogP) is 1.86. The summed E-state index contributed by atoms with van der Waals surface area (Å²) in [5.41, 5.74) is 3.70. The quantitative estimate of drug-likeness (QED) is 0.387. The molecular formula is C23H28N2O6S. The number of nitrogens with one attached hydrogen (secondary N) is 1. The van der Waals surface area contributed by atoms with E-state index in [-0.39, 0.29) is 25.1 Å². The van der Waals surface area contributed by atoms with Crippen LogP contribution in [0.4, 0.5) is 0 Å². The molecule has 0 bridgehead atoms. The molecule has 172 valence electrons. The van der Waals surface area contributed by atoms with E-state index in [1.54, 1.807) is 12.3 Å². The van der Waals surface area contributed by atoms with Crippen LogP contribution in [0.25, 0.3) is 17.2 Å². The number of allylic oxidation sites excluding steroid dienone is 1. The van der Waals surface area contributed by atoms with E-state index in [0.29, 0.717) is 11.8 Å². The van der Waals surface area contributed by atoms with E-state index in [2.05, 4.69) is 6.08 Å². The van der Waals surface area contributed by atoms with Gasteiger partial charge < -0.3 is 9.67 Å². The van der Waals surface area contributed by atoms with E-state index in [4.69, 9.17) is 10.3 Å². The molecule has 0 aliphatic heterocycles. The number of sulfone groups is 1. The van der Waals surface area contributed by atoms with Crippen molar-refractivity contribution in [3.05, 3.63) is 64.6 Å². The van der Waals surface area contributed by atoms with Crippen molar-refractivity contribution < 1.29 is 23.5 Å². The van der Waals surface area contributed by atoms with Crippen molar-refractivity contribution in [2.24, 2.45) is 11.8 Å². The zero-order valence-corrected chi connectivity index (χ0v) is 18.9. The SMILES string of the molecule is CC(CCn1ccc(-c2ccc(/C=C/C3C[C@@H]3CO)cc2)cc1=O)(C(=O)NO)S(C)(=O)=O. The van der Waals surface area contributed by atoms with E-state index in [1.165, 1.54) is 23.0 Å². The molecule has 0 saturated heterocycles. The molecule has 8 nitrogen and oxygen atoms in total. The maximum atomic E-state index is 12.6. The van der Waals surface area contributed by atoms with Gasteiger partial charge in [0, 0.05) is 31.7 Å². The molecule has 1 aliphatic rings. The first-order valence-electron chi connectivity index (χ1n) is 10.3. The average molecular weight is 461 g/mol. The second-order valence-electron chi connectivity index (χ2n) is 8.46. The highest BCUT2D eigenvalue weighted by molar-refractivity contribution is 7.92. The highest BCUT2D eigenvalue weighted by Gasteiger charge is 2.43. The number of hydrogen-bond donors (Lipinski definition) is 3. The molecule has 32 heavy (non-hydrogen) atoms. The van der Waals surface area contributed by atoms with Crippen LogP contribution in [-0.4, -0.2) is 46.8 Å². The van der Waals surface area contributed by atoms with Gasteiger partial charge in [0.15, 0.2) is 14.6 Å². The number of carbonyl (C=O) groups is 1. The molecule has 0 spiro atoms. The molecule has 1 amide bonds. The number of hydrogen-bond acceptors (Lipinski definition) is 6. The van der Waals surface area contributed by atoms with Gasteiger partial charge in [0.1, 0.15) is 0 Å². The second-order valence-corrected chi connectivity index (χ2v) is 10.9. The second kappa shape index (κ2) is 9.40. The smallest absolute Gasteiger partial charge is 0.264 e. The number of aliphatic hydroxyl groups excluding tert-OH is 1. The van der Waals surface area contributed by atoms with Gasteiger partial charge in [-0.25, -0.2) is 13.9 Å². The highest BCUT2D eigenvalue weighted by Crippen LogP contribution is 2.39. The van der Waals surface area contributed by atoms with E-state index >= 15 is 0 Å². The van der Waals surface area contributed by atoms with Crippen LogP contribution in [0.2, 0.25) is 0 Å². The minimum absolute atomic E-state index is 0.00413. The Balaban J connectivity index is 1.71. The van der Waals surface area contributed by atoms with Crippen molar-refractivity contribution in [2.45, 2.75) is 31.1 Å². The number of rotatable bonds is 9. The van der Waals surface area contributed by atoms with Gasteiger partial charge >= 0.3 is 0 Å². The minimum Gasteiger partial charge on any atom is -0.396 e. The van der Waals surface area contributed by atoms with E-state index in [1.807, 2.05) is 30.3 Å². The van der Waals surface area contributed by atoms with Gasteiger partial charge in [-0.15, -0.1) is 0 Å². The summed E-state index contributed by atoms with van der Waals surface area (Å²) in [6.07, 6.45) is 7.48. The minimum atomic E-state index is -3.83. The van der Waals surface area contributed by atoms with Gasteiger partial charge in [0.2, 0.25) is 0 Å². The van der Waals surface area contributed by atoms with Crippen molar-refractivity contribution in [1.29, 1.82) is 0 Å². The summed E-state index contributed by atoms with van der Waals surface area (Å²) in [6.45, 7) is 1.44. The van der Waals surface area contributed by atoms with Crippen molar-refractivity contribution >= 4 is 21.8 Å². The molecule has 0 radical (unpaired) electrons. The normalized spacial score (nSPS) is 20.1. The fraction of sp³-hybridized carbons (Fsp3) is 0.391. The first-order chi connectivity index (χ1) is 15.1. The maximum Gasteiger partial charge on any atom is 0.264 e. The van der Waals surface area contributed by atoms with Gasteiger partial charge in [0.05, 0.1) is 0 Å². The van der Waals surface area contributed by atoms with Gasteiger partial charge in [-0.1, -0.05) is 36.4 Å². The fourth-order valence-electron chi connectivity index (χ4n) is 3.53. The maximum absolute atomic E-state index is 12.6. The summed E-state index contributed by atoms with van der Waals surface area (Å²) in [4.78, 5) is 24.5. The molecule has 2 unspecified atom stereocenters. The summed E-state index contributed by atoms with van der Waals surface area (Å²) in [7, 11) is -3.83. The Bertz CT molecular complexity index is 1170. The number of aryl methyl sites for hydroxylation is 1. The molecule has 2 aromatic rings. The fourth-order valence-corrected chi connectivity index (χ4v) is 4.37. The lowest BCUT2D eigenvalue weighted by Crippen LogP contribution is -2.49. The Kier molecular flexibility index (Phi) is 7.02. The molecule has 1 aliphatic carbocycles. The van der Waals surface area contributed by atoms with Gasteiger partial charge in [-0.05, 0) is 54.4 Å². The van der Waals surface area contributed by atoms with Crippen molar-refractivity contribution in [3.8, 4) is 11.1 Å². The molecule has 1 aromatic carbocycles. The van der Waals surface area contributed by atoms with E-state index in [9.17, 15) is 18.0 Å². The summed E-state index contributed by atoms with van der Waals surface area (Å²) in [5.74, 6) is -0.210. The van der Waals surface area contributed by atoms with Crippen LogP contribution < -0.4 is 11.0 Å². The summed E-state index contributed by atoms with van der Waals surface area (Å²) in [6, 6.07) is 11.0. The van der Waals surface area contributed by atoms with Gasteiger partial charge in [0.25, 0.3) is 11.5 Å². The standard InChI is InChI=1S/C23H28N2O6S/c1-23(22(28)24-29,32(2,30)31)10-12-25-11-9-19(14-21(25)27)17-6-3-16(4-7-17)5-8-18-13-20(18)15-26/h3-9,11,14,18,20,26,29H,10,12-13,15H2,1-2H3,(H,24,28)/b8-5+/t18?,20-,23?/m1/s1. The Morgan fingerprint density at radius 3 is 2.47 bits per heavy atom. The number of carbonyl (C=O) groups excluding carboxylic acids is 1. The first kappa shape index (κ1) is 23.9. The third-order valence-corrected chi connectivity index (χ3v) is 8.24. The van der Waals surface area contributed by atoms with Gasteiger partial charge in [-0.3, -0.25) is 14.8 Å². The molecule has 1 heterocycles. The average Bonchev–Trinajstić information content (AvgIpc) is 3.54. The number of aliphatic hydroxyl groups is 1. The third-order valence-electron chi connectivity index (χ3n) is 6.22. The van der Waals surface area contributed by atoms with Crippen molar-refractivity contribution in [2.75, 3.05) is 12.9 Å². The first-order valence-corrected chi connectivity index (χ1v) is 12.2. The Morgan fingerprint density at radius 2 is 1.94 bits per heavy atom. The molecule has 1 saturated carbocycles. The zero-order valence-electron chi connectivity index (χ0n) is 18.1. The van der Waals surface area contributed by atoms with E-state index in [0.717, 1.165) is 29.4 Å². The highest BCUT2D eigenvalue weighted by atomic mass is 32.2. The van der Waals surface area contributed by atoms with Crippen LogP contribution >= 0.6 is 0 Å². The molecule has 3 atom stereocenters. The van der Waals surface area contributed by atoms with Crippen LogP contribution in [-0.2, 0) is 21.2 Å². The largest absolute Gasteiger partial charge is 0.396 e. The summed E-state index contributed by atoms with van der Waals surface area (Å²) in [5, 5.41) is 18.0. The zero-order chi connectivity index (χ0) is 23.5. The van der Waals surface area contributed by atoms with Crippen LogP contribution in [0.3, 0.4) is 0 Å². The number of aromatic nitrogens is 1. The number of amides is 1. The third kappa shape index (κ3) is 5.17. The number of nitrogens with zero attached hydrogens (tertiary/aromatic N) is 1. The lowest BCUT2D eigenvalue weighted by Gasteiger charge is -2.25. The molecule has 1 aromatic heterocycles. The Hall–Kier alpha value is -2.75. The molecule has 1 fully saturated rings. The van der Waals surface area contributed by atoms with E-state index < -0.39 is 20.5 Å². The Morgan fingerprint density at radius 1 is 1.25 bits per heavy atom.